The maximum absolute atomic E-state index is 12.1. The van der Waals surface area contributed by atoms with Gasteiger partial charge in [-0.2, -0.15) is 0 Å². The summed E-state index contributed by atoms with van der Waals surface area (Å²) in [4.78, 5) is 37.2. The summed E-state index contributed by atoms with van der Waals surface area (Å²) in [5.74, 6) is 0.0960. The van der Waals surface area contributed by atoms with Crippen LogP contribution in [0.3, 0.4) is 0 Å². The molecule has 2 aliphatic heterocycles. The summed E-state index contributed by atoms with van der Waals surface area (Å²) in [6.07, 6.45) is 11.1. The number of amides is 3. The molecule has 138 valence electrons. The molecule has 0 bridgehead atoms. The predicted molar refractivity (Wildman–Crippen MR) is 96.8 cm³/mol. The van der Waals surface area contributed by atoms with Gasteiger partial charge in [0, 0.05) is 24.4 Å². The van der Waals surface area contributed by atoms with Crippen molar-refractivity contribution in [2.45, 2.75) is 46.1 Å². The molecule has 2 heterocycles. The van der Waals surface area contributed by atoms with Gasteiger partial charge in [-0.15, -0.1) is 0 Å². The third-order valence-electron chi connectivity index (χ3n) is 4.94. The maximum atomic E-state index is 12.1. The van der Waals surface area contributed by atoms with E-state index in [0.29, 0.717) is 25.1 Å². The quantitative estimate of drug-likeness (QED) is 0.772. The molecule has 1 N–H and O–H groups in total. The van der Waals surface area contributed by atoms with Crippen molar-refractivity contribution in [3.8, 4) is 0 Å². The highest BCUT2D eigenvalue weighted by atomic mass is 16.5. The van der Waals surface area contributed by atoms with Crippen LogP contribution in [0.2, 0.25) is 0 Å². The van der Waals surface area contributed by atoms with Gasteiger partial charge >= 0.3 is 12.0 Å². The Labute approximate surface area is 153 Å². The molecular weight excluding hydrogens is 332 g/mol. The van der Waals surface area contributed by atoms with Gasteiger partial charge in [0.05, 0.1) is 6.42 Å². The van der Waals surface area contributed by atoms with Crippen LogP contribution in [0.4, 0.5) is 4.79 Å². The second-order valence-corrected chi connectivity index (χ2v) is 7.50. The molecule has 2 saturated heterocycles. The van der Waals surface area contributed by atoms with Gasteiger partial charge in [-0.25, -0.2) is 4.79 Å². The van der Waals surface area contributed by atoms with Gasteiger partial charge in [-0.05, 0) is 24.5 Å². The Kier molecular flexibility index (Phi) is 4.85. The second-order valence-electron chi connectivity index (χ2n) is 7.50. The van der Waals surface area contributed by atoms with Crippen LogP contribution in [0.1, 0.15) is 40.0 Å². The monoisotopic (exact) mass is 356 g/mol. The number of imide groups is 1. The molecule has 0 radical (unpaired) electrons. The lowest BCUT2D eigenvalue weighted by Gasteiger charge is -2.37. The van der Waals surface area contributed by atoms with Gasteiger partial charge in [0.15, 0.2) is 0 Å². The van der Waals surface area contributed by atoms with Crippen LogP contribution in [0.25, 0.3) is 0 Å². The Hall–Kier alpha value is -2.63. The third-order valence-corrected chi connectivity index (χ3v) is 4.94. The predicted octanol–water partition coefficient (Wildman–Crippen LogP) is 2.99. The minimum Gasteiger partial charge on any atom is -0.426 e. The number of nitrogens with zero attached hydrogens (tertiary/aromatic N) is 1. The molecule has 6 heteroatoms. The third kappa shape index (κ3) is 3.64. The SMILES string of the molecule is CC(C=C1C(=C2C=CC=CC2)OC(=O)CC1(C)C)N1CCC(=O)NC1=O. The summed E-state index contributed by atoms with van der Waals surface area (Å²) in [5, 5.41) is 2.35. The largest absolute Gasteiger partial charge is 0.426 e. The number of carbonyl (C=O) groups excluding carboxylic acids is 3. The van der Waals surface area contributed by atoms with Crippen LogP contribution in [-0.2, 0) is 14.3 Å². The molecule has 26 heavy (non-hydrogen) atoms. The lowest BCUT2D eigenvalue weighted by molar-refractivity contribution is -0.143. The average molecular weight is 356 g/mol. The van der Waals surface area contributed by atoms with Crippen LogP contribution in [0.5, 0.6) is 0 Å². The zero-order chi connectivity index (χ0) is 18.9. The molecule has 0 saturated carbocycles. The van der Waals surface area contributed by atoms with Gasteiger partial charge in [-0.3, -0.25) is 14.9 Å². The molecular formula is C20H24N2O4. The standard InChI is InChI=1S/C20H24N2O4/c1-13(22-10-9-16(23)21-19(22)25)11-15-18(14-7-5-4-6-8-14)26-17(24)12-20(15,2)3/h4-7,11,13H,8-10,12H2,1-3H3,(H,21,23,25). The number of rotatable bonds is 2. The van der Waals surface area contributed by atoms with E-state index in [1.165, 1.54) is 0 Å². The van der Waals surface area contributed by atoms with Crippen LogP contribution >= 0.6 is 0 Å². The van der Waals surface area contributed by atoms with Gasteiger partial charge in [0.25, 0.3) is 0 Å². The topological polar surface area (TPSA) is 75.7 Å². The number of cyclic esters (lactones) is 1. The zero-order valence-electron chi connectivity index (χ0n) is 15.4. The highest BCUT2D eigenvalue weighted by Crippen LogP contribution is 2.43. The number of nitrogens with one attached hydrogen (secondary N) is 1. The van der Waals surface area contributed by atoms with Crippen molar-refractivity contribution in [2.75, 3.05) is 6.54 Å². The molecule has 0 aromatic carbocycles. The van der Waals surface area contributed by atoms with E-state index in [-0.39, 0.29) is 30.4 Å². The number of allylic oxidation sites excluding steroid dienone is 6. The summed E-state index contributed by atoms with van der Waals surface area (Å²) >= 11 is 0. The first-order valence-electron chi connectivity index (χ1n) is 8.88. The van der Waals surface area contributed by atoms with Crippen molar-refractivity contribution in [3.63, 3.8) is 0 Å². The molecule has 1 unspecified atom stereocenters. The first-order valence-corrected chi connectivity index (χ1v) is 8.88. The van der Waals surface area contributed by atoms with Gasteiger partial charge in [0.2, 0.25) is 5.91 Å². The molecule has 1 atom stereocenters. The molecule has 3 aliphatic rings. The average Bonchev–Trinajstić information content (AvgIpc) is 2.57. The van der Waals surface area contributed by atoms with E-state index in [1.807, 2.05) is 51.2 Å². The molecule has 0 aromatic heterocycles. The Morgan fingerprint density at radius 1 is 1.27 bits per heavy atom. The first kappa shape index (κ1) is 18.2. The Bertz CT molecular complexity index is 771. The maximum Gasteiger partial charge on any atom is 0.324 e. The van der Waals surface area contributed by atoms with Crippen molar-refractivity contribution >= 4 is 17.9 Å². The summed E-state index contributed by atoms with van der Waals surface area (Å²) in [6.45, 7) is 6.31. The van der Waals surface area contributed by atoms with Crippen molar-refractivity contribution in [1.82, 2.24) is 10.2 Å². The molecule has 3 amide bonds. The van der Waals surface area contributed by atoms with Gasteiger partial charge in [-0.1, -0.05) is 44.2 Å². The molecule has 1 aliphatic carbocycles. The highest BCUT2D eigenvalue weighted by Gasteiger charge is 2.38. The first-order chi connectivity index (χ1) is 12.3. The lowest BCUT2D eigenvalue weighted by atomic mass is 9.76. The van der Waals surface area contributed by atoms with Crippen LogP contribution < -0.4 is 5.32 Å². The van der Waals surface area contributed by atoms with Gasteiger partial charge in [0.1, 0.15) is 5.76 Å². The van der Waals surface area contributed by atoms with Gasteiger partial charge < -0.3 is 9.64 Å². The fraction of sp³-hybridized carbons (Fsp3) is 0.450. The number of hydrogen-bond donors (Lipinski definition) is 1. The summed E-state index contributed by atoms with van der Waals surface area (Å²) in [5.41, 5.74) is 1.47. The van der Waals surface area contributed by atoms with E-state index >= 15 is 0 Å². The number of hydrogen-bond acceptors (Lipinski definition) is 4. The fourth-order valence-electron chi connectivity index (χ4n) is 3.49. The van der Waals surface area contributed by atoms with Crippen molar-refractivity contribution in [2.24, 2.45) is 5.41 Å². The van der Waals surface area contributed by atoms with E-state index in [2.05, 4.69) is 5.32 Å². The van der Waals surface area contributed by atoms with E-state index in [1.54, 1.807) is 4.90 Å². The molecule has 0 aromatic rings. The second kappa shape index (κ2) is 6.94. The van der Waals surface area contributed by atoms with E-state index in [0.717, 1.165) is 11.1 Å². The fourth-order valence-corrected chi connectivity index (χ4v) is 3.49. The minimum absolute atomic E-state index is 0.229. The molecule has 0 spiro atoms. The van der Waals surface area contributed by atoms with Crippen LogP contribution in [-0.4, -0.2) is 35.4 Å². The normalized spacial score (nSPS) is 28.2. The zero-order valence-corrected chi connectivity index (χ0v) is 15.4. The van der Waals surface area contributed by atoms with Crippen molar-refractivity contribution in [1.29, 1.82) is 0 Å². The summed E-state index contributed by atoms with van der Waals surface area (Å²) in [6, 6.07) is -0.612. The van der Waals surface area contributed by atoms with Crippen molar-refractivity contribution < 1.29 is 19.1 Å². The van der Waals surface area contributed by atoms with E-state index < -0.39 is 5.41 Å². The number of esters is 1. The highest BCUT2D eigenvalue weighted by molar-refractivity contribution is 5.96. The Balaban J connectivity index is 1.97. The molecule has 6 nitrogen and oxygen atoms in total. The molecule has 2 fully saturated rings. The lowest BCUT2D eigenvalue weighted by Crippen LogP contribution is -2.52. The van der Waals surface area contributed by atoms with E-state index in [4.69, 9.17) is 4.74 Å². The van der Waals surface area contributed by atoms with Crippen LogP contribution in [0.15, 0.2) is 47.3 Å². The Morgan fingerprint density at radius 2 is 2.04 bits per heavy atom. The van der Waals surface area contributed by atoms with Crippen molar-refractivity contribution in [3.05, 3.63) is 47.3 Å². The smallest absolute Gasteiger partial charge is 0.324 e. The summed E-state index contributed by atoms with van der Waals surface area (Å²) < 4.78 is 5.62. The Morgan fingerprint density at radius 3 is 2.69 bits per heavy atom. The molecule has 3 rings (SSSR count). The van der Waals surface area contributed by atoms with Crippen LogP contribution in [0, 0.1) is 5.41 Å². The minimum atomic E-state index is -0.400. The number of urea groups is 1. The summed E-state index contributed by atoms with van der Waals surface area (Å²) in [7, 11) is 0. The van der Waals surface area contributed by atoms with E-state index in [9.17, 15) is 14.4 Å². The number of ether oxygens (including phenoxy) is 1. The number of carbonyl (C=O) groups is 3.